The second-order valence-electron chi connectivity index (χ2n) is 8.39. The van der Waals surface area contributed by atoms with Crippen LogP contribution in [0, 0.1) is 25.7 Å². The van der Waals surface area contributed by atoms with Crippen LogP contribution in [0.4, 0.5) is 0 Å². The Bertz CT molecular complexity index is 1580. The highest BCUT2D eigenvalue weighted by atomic mass is 16.4. The minimum Gasteiger partial charge on any atom is -0.436 e. The summed E-state index contributed by atoms with van der Waals surface area (Å²) >= 11 is 0. The number of nitrogens with zero attached hydrogens (tertiary/aromatic N) is 2. The zero-order valence-corrected chi connectivity index (χ0v) is 18.8. The minimum absolute atomic E-state index is 0.616. The highest BCUT2D eigenvalue weighted by molar-refractivity contribution is 5.78. The van der Waals surface area contributed by atoms with E-state index >= 15 is 0 Å². The summed E-state index contributed by atoms with van der Waals surface area (Å²) in [5, 5.41) is 0. The summed E-state index contributed by atoms with van der Waals surface area (Å²) in [6.07, 6.45) is 0. The van der Waals surface area contributed by atoms with Crippen molar-refractivity contribution in [3.63, 3.8) is 0 Å². The van der Waals surface area contributed by atoms with Gasteiger partial charge in [-0.15, -0.1) is 0 Å². The van der Waals surface area contributed by atoms with Crippen molar-refractivity contribution in [1.29, 1.82) is 0 Å². The molecule has 2 aromatic heterocycles. The molecule has 0 unspecified atom stereocenters. The summed E-state index contributed by atoms with van der Waals surface area (Å²) in [5.41, 5.74) is 9.33. The molecule has 6 aromatic rings. The van der Waals surface area contributed by atoms with E-state index in [0.717, 1.165) is 55.6 Å². The summed E-state index contributed by atoms with van der Waals surface area (Å²) in [7, 11) is 0. The van der Waals surface area contributed by atoms with Crippen molar-refractivity contribution < 1.29 is 8.83 Å². The summed E-state index contributed by atoms with van der Waals surface area (Å²) in [6, 6.07) is 27.9. The van der Waals surface area contributed by atoms with Gasteiger partial charge in [0.1, 0.15) is 11.0 Å². The van der Waals surface area contributed by atoms with Crippen molar-refractivity contribution in [2.75, 3.05) is 0 Å². The van der Waals surface area contributed by atoms with E-state index in [1.54, 1.807) is 0 Å². The number of benzene rings is 4. The molecule has 0 saturated carbocycles. The first-order valence-corrected chi connectivity index (χ1v) is 11.1. The van der Waals surface area contributed by atoms with Crippen LogP contribution in [0.1, 0.15) is 22.3 Å². The maximum atomic E-state index is 5.92. The monoisotopic (exact) mass is 440 g/mol. The van der Waals surface area contributed by atoms with Crippen LogP contribution in [-0.2, 0) is 0 Å². The molecular formula is C30H20N2O2. The van der Waals surface area contributed by atoms with Crippen molar-refractivity contribution in [2.24, 2.45) is 0 Å². The van der Waals surface area contributed by atoms with E-state index in [0.29, 0.717) is 11.8 Å². The van der Waals surface area contributed by atoms with Gasteiger partial charge in [-0.3, -0.25) is 0 Å². The Morgan fingerprint density at radius 2 is 0.941 bits per heavy atom. The van der Waals surface area contributed by atoms with E-state index in [1.807, 2.05) is 98.8 Å². The number of hydrogen-bond acceptors (Lipinski definition) is 4. The van der Waals surface area contributed by atoms with Crippen LogP contribution in [0.15, 0.2) is 93.8 Å². The van der Waals surface area contributed by atoms with Crippen molar-refractivity contribution in [3.05, 3.63) is 107 Å². The molecule has 4 nitrogen and oxygen atoms in total. The molecule has 0 aliphatic carbocycles. The number of oxazole rings is 2. The third kappa shape index (κ3) is 3.85. The first-order chi connectivity index (χ1) is 16.6. The van der Waals surface area contributed by atoms with Gasteiger partial charge >= 0.3 is 0 Å². The minimum atomic E-state index is 0.616. The Labute approximate surface area is 196 Å². The second-order valence-corrected chi connectivity index (χ2v) is 8.39. The molecule has 4 heteroatoms. The fraction of sp³-hybridized carbons (Fsp3) is 0.0667. The van der Waals surface area contributed by atoms with Crippen LogP contribution in [0.3, 0.4) is 0 Å². The summed E-state index contributed by atoms with van der Waals surface area (Å²) in [5.74, 6) is 7.67. The zero-order chi connectivity index (χ0) is 23.1. The SMILES string of the molecule is Cc1ccc2nc(-c3ccc(C#Cc4ccc(-c5nc6ccc(C)cc6o5)cc4)cc3)oc2c1. The van der Waals surface area contributed by atoms with Crippen molar-refractivity contribution in [1.82, 2.24) is 9.97 Å². The number of fused-ring (bicyclic) bond motifs is 2. The predicted octanol–water partition coefficient (Wildman–Crippen LogP) is 7.32. The highest BCUT2D eigenvalue weighted by Gasteiger charge is 2.09. The summed E-state index contributed by atoms with van der Waals surface area (Å²) in [4.78, 5) is 9.17. The Kier molecular flexibility index (Phi) is 4.75. The van der Waals surface area contributed by atoms with E-state index < -0.39 is 0 Å². The number of aryl methyl sites for hydroxylation is 2. The molecule has 0 amide bonds. The number of aromatic nitrogens is 2. The van der Waals surface area contributed by atoms with E-state index in [4.69, 9.17) is 8.83 Å². The van der Waals surface area contributed by atoms with Crippen LogP contribution < -0.4 is 0 Å². The Hall–Kier alpha value is -4.62. The van der Waals surface area contributed by atoms with Crippen LogP contribution in [-0.4, -0.2) is 9.97 Å². The molecule has 2 heterocycles. The average molecular weight is 441 g/mol. The smallest absolute Gasteiger partial charge is 0.227 e. The van der Waals surface area contributed by atoms with Gasteiger partial charge in [-0.05, 0) is 97.8 Å². The van der Waals surface area contributed by atoms with Crippen molar-refractivity contribution in [3.8, 4) is 34.7 Å². The van der Waals surface area contributed by atoms with Gasteiger partial charge in [0, 0.05) is 22.3 Å². The molecule has 6 rings (SSSR count). The van der Waals surface area contributed by atoms with Crippen LogP contribution in [0.2, 0.25) is 0 Å². The lowest BCUT2D eigenvalue weighted by Gasteiger charge is -1.97. The summed E-state index contributed by atoms with van der Waals surface area (Å²) < 4.78 is 11.8. The standard InChI is InChI=1S/C30H20N2O2/c1-19-3-15-25-27(17-19)33-29(31-25)23-11-7-21(8-12-23)5-6-22-9-13-24(14-10-22)30-32-26-16-4-20(2)18-28(26)34-30/h3-4,7-18H,1-2H3. The maximum absolute atomic E-state index is 5.92. The molecule has 34 heavy (non-hydrogen) atoms. The van der Waals surface area contributed by atoms with Gasteiger partial charge in [0.15, 0.2) is 11.2 Å². The molecule has 0 atom stereocenters. The van der Waals surface area contributed by atoms with Gasteiger partial charge in [-0.25, -0.2) is 9.97 Å². The Balaban J connectivity index is 1.20. The molecule has 0 aliphatic heterocycles. The fourth-order valence-electron chi connectivity index (χ4n) is 3.85. The number of hydrogen-bond donors (Lipinski definition) is 0. The predicted molar refractivity (Wildman–Crippen MR) is 134 cm³/mol. The fourth-order valence-corrected chi connectivity index (χ4v) is 3.85. The van der Waals surface area contributed by atoms with Gasteiger partial charge in [-0.2, -0.15) is 0 Å². The van der Waals surface area contributed by atoms with Crippen molar-refractivity contribution >= 4 is 22.2 Å². The lowest BCUT2D eigenvalue weighted by Crippen LogP contribution is -1.81. The van der Waals surface area contributed by atoms with Crippen LogP contribution >= 0.6 is 0 Å². The highest BCUT2D eigenvalue weighted by Crippen LogP contribution is 2.26. The average Bonchev–Trinajstić information content (AvgIpc) is 3.47. The first-order valence-electron chi connectivity index (χ1n) is 11.1. The molecule has 0 radical (unpaired) electrons. The van der Waals surface area contributed by atoms with Crippen LogP contribution in [0.5, 0.6) is 0 Å². The van der Waals surface area contributed by atoms with Crippen LogP contribution in [0.25, 0.3) is 45.1 Å². The maximum Gasteiger partial charge on any atom is 0.227 e. The Morgan fingerprint density at radius 1 is 0.529 bits per heavy atom. The molecule has 162 valence electrons. The second kappa shape index (κ2) is 8.06. The van der Waals surface area contributed by atoms with E-state index in [9.17, 15) is 0 Å². The largest absolute Gasteiger partial charge is 0.436 e. The molecule has 0 bridgehead atoms. The number of rotatable bonds is 2. The third-order valence-electron chi connectivity index (χ3n) is 5.70. The van der Waals surface area contributed by atoms with Gasteiger partial charge in [0.25, 0.3) is 0 Å². The normalized spacial score (nSPS) is 11.0. The van der Waals surface area contributed by atoms with Gasteiger partial charge < -0.3 is 8.83 Å². The van der Waals surface area contributed by atoms with Crippen molar-refractivity contribution in [2.45, 2.75) is 13.8 Å². The van der Waals surface area contributed by atoms with Gasteiger partial charge in [-0.1, -0.05) is 24.0 Å². The lowest BCUT2D eigenvalue weighted by molar-refractivity contribution is 0.619. The van der Waals surface area contributed by atoms with E-state index in [2.05, 4.69) is 21.8 Å². The van der Waals surface area contributed by atoms with Gasteiger partial charge in [0.05, 0.1) is 0 Å². The molecule has 0 saturated heterocycles. The third-order valence-corrected chi connectivity index (χ3v) is 5.70. The lowest BCUT2D eigenvalue weighted by atomic mass is 10.1. The van der Waals surface area contributed by atoms with E-state index in [1.165, 1.54) is 0 Å². The Morgan fingerprint density at radius 3 is 1.35 bits per heavy atom. The molecule has 0 aliphatic rings. The summed E-state index contributed by atoms with van der Waals surface area (Å²) in [6.45, 7) is 4.08. The molecule has 0 spiro atoms. The first kappa shape index (κ1) is 20.0. The molecule has 0 fully saturated rings. The quantitative estimate of drug-likeness (QED) is 0.265. The van der Waals surface area contributed by atoms with Gasteiger partial charge in [0.2, 0.25) is 11.8 Å². The topological polar surface area (TPSA) is 52.1 Å². The molecule has 0 N–H and O–H groups in total. The molecular weight excluding hydrogens is 420 g/mol. The zero-order valence-electron chi connectivity index (χ0n) is 18.8. The van der Waals surface area contributed by atoms with E-state index in [-0.39, 0.29) is 0 Å². The molecule has 4 aromatic carbocycles.